The van der Waals surface area contributed by atoms with Crippen molar-refractivity contribution in [1.29, 1.82) is 0 Å². The summed E-state index contributed by atoms with van der Waals surface area (Å²) in [5, 5.41) is 9.56. The molecule has 3 rings (SSSR count). The SMILES string of the molecule is OCC1CCCCCN1Cc1coc(-c2ccccc2)n1. The van der Waals surface area contributed by atoms with Crippen molar-refractivity contribution in [2.24, 2.45) is 0 Å². The monoisotopic (exact) mass is 286 g/mol. The minimum atomic E-state index is 0.226. The summed E-state index contributed by atoms with van der Waals surface area (Å²) in [5.74, 6) is 0.668. The molecule has 0 amide bonds. The first-order valence-corrected chi connectivity index (χ1v) is 7.71. The number of hydrogen-bond acceptors (Lipinski definition) is 4. The molecule has 0 spiro atoms. The van der Waals surface area contributed by atoms with Gasteiger partial charge in [0, 0.05) is 18.2 Å². The lowest BCUT2D eigenvalue weighted by Gasteiger charge is -2.27. The molecule has 1 atom stereocenters. The van der Waals surface area contributed by atoms with Gasteiger partial charge < -0.3 is 9.52 Å². The third-order valence-electron chi connectivity index (χ3n) is 4.15. The number of aromatic nitrogens is 1. The summed E-state index contributed by atoms with van der Waals surface area (Å²) in [5.41, 5.74) is 1.94. The van der Waals surface area contributed by atoms with E-state index in [1.807, 2.05) is 30.3 Å². The number of oxazole rings is 1. The summed E-state index contributed by atoms with van der Waals surface area (Å²) >= 11 is 0. The average molecular weight is 286 g/mol. The largest absolute Gasteiger partial charge is 0.444 e. The zero-order valence-electron chi connectivity index (χ0n) is 12.2. The molecule has 21 heavy (non-hydrogen) atoms. The number of rotatable bonds is 4. The first-order valence-electron chi connectivity index (χ1n) is 7.71. The van der Waals surface area contributed by atoms with E-state index in [1.165, 1.54) is 19.3 Å². The average Bonchev–Trinajstić information content (AvgIpc) is 2.88. The lowest BCUT2D eigenvalue weighted by Crippen LogP contribution is -2.37. The maximum atomic E-state index is 9.56. The molecule has 1 N–H and O–H groups in total. The van der Waals surface area contributed by atoms with E-state index in [2.05, 4.69) is 9.88 Å². The molecule has 2 aromatic rings. The lowest BCUT2D eigenvalue weighted by molar-refractivity contribution is 0.117. The zero-order valence-corrected chi connectivity index (χ0v) is 12.2. The molecule has 112 valence electrons. The topological polar surface area (TPSA) is 49.5 Å². The van der Waals surface area contributed by atoms with E-state index in [1.54, 1.807) is 6.26 Å². The fraction of sp³-hybridized carbons (Fsp3) is 0.471. The fourth-order valence-corrected chi connectivity index (χ4v) is 2.95. The van der Waals surface area contributed by atoms with Crippen molar-refractivity contribution >= 4 is 0 Å². The number of benzene rings is 1. The number of likely N-dealkylation sites (tertiary alicyclic amines) is 1. The van der Waals surface area contributed by atoms with Crippen LogP contribution in [-0.2, 0) is 6.54 Å². The smallest absolute Gasteiger partial charge is 0.226 e. The van der Waals surface area contributed by atoms with Crippen molar-refractivity contribution in [3.05, 3.63) is 42.3 Å². The molecule has 0 radical (unpaired) electrons. The molecule has 0 saturated carbocycles. The van der Waals surface area contributed by atoms with Crippen molar-refractivity contribution in [1.82, 2.24) is 9.88 Å². The van der Waals surface area contributed by atoms with E-state index in [0.717, 1.165) is 30.8 Å². The highest BCUT2D eigenvalue weighted by atomic mass is 16.3. The van der Waals surface area contributed by atoms with Gasteiger partial charge in [-0.1, -0.05) is 31.0 Å². The molecule has 1 fully saturated rings. The van der Waals surface area contributed by atoms with Gasteiger partial charge in [-0.2, -0.15) is 0 Å². The Kier molecular flexibility index (Phi) is 4.68. The Morgan fingerprint density at radius 2 is 2.05 bits per heavy atom. The van der Waals surface area contributed by atoms with Gasteiger partial charge in [0.05, 0.1) is 12.3 Å². The fourth-order valence-electron chi connectivity index (χ4n) is 2.95. The molecule has 0 aliphatic carbocycles. The molecule has 1 aliphatic heterocycles. The Balaban J connectivity index is 1.71. The van der Waals surface area contributed by atoms with Crippen LogP contribution in [0.2, 0.25) is 0 Å². The van der Waals surface area contributed by atoms with Crippen LogP contribution in [0.3, 0.4) is 0 Å². The predicted molar refractivity (Wildman–Crippen MR) is 81.7 cm³/mol. The number of aliphatic hydroxyl groups is 1. The van der Waals surface area contributed by atoms with Crippen LogP contribution in [0, 0.1) is 0 Å². The van der Waals surface area contributed by atoms with E-state index in [0.29, 0.717) is 5.89 Å². The van der Waals surface area contributed by atoms with Crippen LogP contribution in [0.5, 0.6) is 0 Å². The quantitative estimate of drug-likeness (QED) is 0.938. The van der Waals surface area contributed by atoms with Gasteiger partial charge in [0.25, 0.3) is 0 Å². The molecule has 1 saturated heterocycles. The van der Waals surface area contributed by atoms with Crippen molar-refractivity contribution in [3.8, 4) is 11.5 Å². The molecule has 1 aromatic carbocycles. The Morgan fingerprint density at radius 1 is 1.19 bits per heavy atom. The first kappa shape index (κ1) is 14.3. The highest BCUT2D eigenvalue weighted by Crippen LogP contribution is 2.22. The lowest BCUT2D eigenvalue weighted by atomic mass is 10.1. The number of hydrogen-bond donors (Lipinski definition) is 1. The summed E-state index contributed by atoms with van der Waals surface area (Å²) in [4.78, 5) is 6.92. The second-order valence-corrected chi connectivity index (χ2v) is 5.67. The van der Waals surface area contributed by atoms with Gasteiger partial charge in [-0.3, -0.25) is 4.90 Å². The minimum absolute atomic E-state index is 0.226. The van der Waals surface area contributed by atoms with Gasteiger partial charge in [-0.25, -0.2) is 4.98 Å². The summed E-state index contributed by atoms with van der Waals surface area (Å²) in [7, 11) is 0. The molecule has 1 aromatic heterocycles. The van der Waals surface area contributed by atoms with Crippen LogP contribution in [0.15, 0.2) is 41.0 Å². The Hall–Kier alpha value is -1.65. The summed E-state index contributed by atoms with van der Waals surface area (Å²) in [6.07, 6.45) is 6.46. The third kappa shape index (κ3) is 3.52. The zero-order chi connectivity index (χ0) is 14.5. The molecular formula is C17H22N2O2. The van der Waals surface area contributed by atoms with Crippen LogP contribution in [-0.4, -0.2) is 34.2 Å². The predicted octanol–water partition coefficient (Wildman–Crippen LogP) is 3.08. The molecule has 1 aliphatic rings. The molecule has 4 nitrogen and oxygen atoms in total. The van der Waals surface area contributed by atoms with Gasteiger partial charge in [-0.05, 0) is 31.5 Å². The number of aliphatic hydroxyl groups excluding tert-OH is 1. The van der Waals surface area contributed by atoms with E-state index in [4.69, 9.17) is 4.42 Å². The normalized spacial score (nSPS) is 20.3. The Morgan fingerprint density at radius 3 is 2.86 bits per heavy atom. The standard InChI is InChI=1S/C17H22N2O2/c20-12-16-9-5-2-6-10-19(16)11-15-13-21-17(18-15)14-7-3-1-4-8-14/h1,3-4,7-8,13,16,20H,2,5-6,9-12H2. The van der Waals surface area contributed by atoms with Crippen molar-refractivity contribution in [3.63, 3.8) is 0 Å². The molecule has 0 bridgehead atoms. The Labute approximate surface area is 125 Å². The van der Waals surface area contributed by atoms with Crippen molar-refractivity contribution in [2.45, 2.75) is 38.3 Å². The van der Waals surface area contributed by atoms with Gasteiger partial charge in [0.2, 0.25) is 5.89 Å². The van der Waals surface area contributed by atoms with Crippen LogP contribution < -0.4 is 0 Å². The third-order valence-corrected chi connectivity index (χ3v) is 4.15. The number of nitrogens with zero attached hydrogens (tertiary/aromatic N) is 2. The van der Waals surface area contributed by atoms with E-state index < -0.39 is 0 Å². The summed E-state index contributed by atoms with van der Waals surface area (Å²) in [6.45, 7) is 2.00. The second-order valence-electron chi connectivity index (χ2n) is 5.67. The van der Waals surface area contributed by atoms with Gasteiger partial charge in [0.1, 0.15) is 6.26 Å². The van der Waals surface area contributed by atoms with Crippen molar-refractivity contribution < 1.29 is 9.52 Å². The second kappa shape index (κ2) is 6.87. The molecule has 1 unspecified atom stereocenters. The maximum Gasteiger partial charge on any atom is 0.226 e. The van der Waals surface area contributed by atoms with Gasteiger partial charge in [-0.15, -0.1) is 0 Å². The molecular weight excluding hydrogens is 264 g/mol. The highest BCUT2D eigenvalue weighted by molar-refractivity contribution is 5.52. The van der Waals surface area contributed by atoms with E-state index in [9.17, 15) is 5.11 Å². The molecule has 4 heteroatoms. The summed E-state index contributed by atoms with van der Waals surface area (Å²) < 4.78 is 5.59. The van der Waals surface area contributed by atoms with Crippen molar-refractivity contribution in [2.75, 3.05) is 13.2 Å². The highest BCUT2D eigenvalue weighted by Gasteiger charge is 2.21. The first-order chi connectivity index (χ1) is 10.4. The van der Waals surface area contributed by atoms with Crippen LogP contribution >= 0.6 is 0 Å². The maximum absolute atomic E-state index is 9.56. The molecule has 2 heterocycles. The van der Waals surface area contributed by atoms with E-state index in [-0.39, 0.29) is 12.6 Å². The van der Waals surface area contributed by atoms with Crippen LogP contribution in [0.25, 0.3) is 11.5 Å². The minimum Gasteiger partial charge on any atom is -0.444 e. The van der Waals surface area contributed by atoms with E-state index >= 15 is 0 Å². The van der Waals surface area contributed by atoms with Gasteiger partial charge >= 0.3 is 0 Å². The van der Waals surface area contributed by atoms with Gasteiger partial charge in [0.15, 0.2) is 0 Å². The van der Waals surface area contributed by atoms with Crippen LogP contribution in [0.1, 0.15) is 31.4 Å². The summed E-state index contributed by atoms with van der Waals surface area (Å²) in [6, 6.07) is 10.2. The Bertz CT molecular complexity index is 553. The van der Waals surface area contributed by atoms with Crippen LogP contribution in [0.4, 0.5) is 0 Å².